The first-order valence-corrected chi connectivity index (χ1v) is 8.32. The van der Waals surface area contributed by atoms with Gasteiger partial charge in [-0.25, -0.2) is 0 Å². The van der Waals surface area contributed by atoms with Crippen LogP contribution in [0.25, 0.3) is 10.2 Å². The number of carbonyl (C=O) groups is 2. The minimum Gasteiger partial charge on any atom is -0.497 e. The van der Waals surface area contributed by atoms with E-state index in [1.165, 1.54) is 24.9 Å². The van der Waals surface area contributed by atoms with E-state index >= 15 is 0 Å². The summed E-state index contributed by atoms with van der Waals surface area (Å²) in [7, 11) is 2.78. The van der Waals surface area contributed by atoms with Gasteiger partial charge in [-0.15, -0.1) is 0 Å². The summed E-state index contributed by atoms with van der Waals surface area (Å²) in [6.45, 7) is -0.159. The van der Waals surface area contributed by atoms with Crippen LogP contribution in [0.15, 0.2) is 39.7 Å². The van der Waals surface area contributed by atoms with E-state index < -0.39 is 22.7 Å². The van der Waals surface area contributed by atoms with Crippen molar-refractivity contribution < 1.29 is 28.4 Å². The minimum atomic E-state index is -0.805. The minimum absolute atomic E-state index is 0.159. The van der Waals surface area contributed by atoms with E-state index in [4.69, 9.17) is 13.9 Å². The normalized spacial score (nSPS) is 11.6. The first kappa shape index (κ1) is 18.3. The summed E-state index contributed by atoms with van der Waals surface area (Å²) in [5.41, 5.74) is 0.656. The summed E-state index contributed by atoms with van der Waals surface area (Å²) in [6, 6.07) is 7.43. The molecule has 0 radical (unpaired) electrons. The van der Waals surface area contributed by atoms with Gasteiger partial charge in [-0.1, -0.05) is 11.3 Å². The number of nitro groups is 1. The molecule has 140 valence electrons. The van der Waals surface area contributed by atoms with Crippen LogP contribution in [-0.2, 0) is 16.1 Å². The molecule has 0 unspecified atom stereocenters. The summed E-state index contributed by atoms with van der Waals surface area (Å²) in [5, 5.41) is 10.7. The number of esters is 1. The Labute approximate surface area is 155 Å². The largest absolute Gasteiger partial charge is 0.497 e. The van der Waals surface area contributed by atoms with Crippen LogP contribution >= 0.6 is 11.3 Å². The monoisotopic (exact) mass is 391 g/mol. The molecule has 0 spiro atoms. The smallest absolute Gasteiger partial charge is 0.433 e. The van der Waals surface area contributed by atoms with E-state index in [1.54, 1.807) is 18.2 Å². The fourth-order valence-electron chi connectivity index (χ4n) is 2.29. The number of hydrogen-bond acceptors (Lipinski definition) is 8. The molecule has 3 aromatic rings. The van der Waals surface area contributed by atoms with Gasteiger partial charge in [0.2, 0.25) is 5.76 Å². The maximum atomic E-state index is 12.3. The molecule has 0 saturated heterocycles. The molecule has 0 atom stereocenters. The maximum absolute atomic E-state index is 12.3. The van der Waals surface area contributed by atoms with E-state index in [0.29, 0.717) is 11.3 Å². The van der Waals surface area contributed by atoms with E-state index in [0.717, 1.165) is 22.1 Å². The lowest BCUT2D eigenvalue weighted by atomic mass is 10.3. The third-order valence-electron chi connectivity index (χ3n) is 3.58. The number of amides is 1. The van der Waals surface area contributed by atoms with Crippen LogP contribution in [0.3, 0.4) is 0 Å². The third kappa shape index (κ3) is 3.72. The van der Waals surface area contributed by atoms with Crippen molar-refractivity contribution in [2.75, 3.05) is 14.2 Å². The highest BCUT2D eigenvalue weighted by atomic mass is 32.1. The fourth-order valence-corrected chi connectivity index (χ4v) is 3.35. The van der Waals surface area contributed by atoms with E-state index in [1.807, 2.05) is 0 Å². The van der Waals surface area contributed by atoms with Crippen molar-refractivity contribution in [2.45, 2.75) is 6.54 Å². The molecular formula is C16H13N3O7S. The number of rotatable bonds is 5. The molecule has 1 aromatic carbocycles. The SMILES string of the molecule is COC(=O)Cn1c(=NC(=O)c2ccc([N+](=O)[O-])o2)sc2cc(OC)ccc21. The summed E-state index contributed by atoms with van der Waals surface area (Å²) in [5.74, 6) is -1.56. The summed E-state index contributed by atoms with van der Waals surface area (Å²) in [4.78, 5) is 38.2. The van der Waals surface area contributed by atoms with E-state index in [-0.39, 0.29) is 17.1 Å². The molecule has 10 nitrogen and oxygen atoms in total. The van der Waals surface area contributed by atoms with Gasteiger partial charge in [0.1, 0.15) is 17.2 Å². The molecule has 0 fully saturated rings. The average Bonchev–Trinajstić information content (AvgIpc) is 3.27. The van der Waals surface area contributed by atoms with Crippen LogP contribution in [0.4, 0.5) is 5.88 Å². The standard InChI is InChI=1S/C16H13N3O7S/c1-24-9-3-4-10-12(7-9)27-16(18(10)8-14(20)25-2)17-15(21)11-5-6-13(26-11)19(22)23/h3-7H,8H2,1-2H3. The van der Waals surface area contributed by atoms with Crippen LogP contribution in [0.2, 0.25) is 0 Å². The van der Waals surface area contributed by atoms with Crippen LogP contribution < -0.4 is 9.54 Å². The Hall–Kier alpha value is -3.47. The van der Waals surface area contributed by atoms with Crippen LogP contribution in [0.5, 0.6) is 5.75 Å². The number of carbonyl (C=O) groups excluding carboxylic acids is 2. The second kappa shape index (κ2) is 7.41. The van der Waals surface area contributed by atoms with Crippen molar-refractivity contribution in [1.29, 1.82) is 0 Å². The number of hydrogen-bond donors (Lipinski definition) is 0. The molecule has 0 aliphatic carbocycles. The number of methoxy groups -OCH3 is 2. The Morgan fingerprint density at radius 3 is 2.70 bits per heavy atom. The van der Waals surface area contributed by atoms with Gasteiger partial charge in [0.05, 0.1) is 30.5 Å². The zero-order chi connectivity index (χ0) is 19.6. The van der Waals surface area contributed by atoms with Gasteiger partial charge in [0.15, 0.2) is 4.80 Å². The average molecular weight is 391 g/mol. The van der Waals surface area contributed by atoms with E-state index in [2.05, 4.69) is 4.99 Å². The van der Waals surface area contributed by atoms with Gasteiger partial charge in [-0.05, 0) is 24.3 Å². The number of fused-ring (bicyclic) bond motifs is 1. The molecule has 2 aromatic heterocycles. The van der Waals surface area contributed by atoms with Gasteiger partial charge in [0.25, 0.3) is 0 Å². The highest BCUT2D eigenvalue weighted by Gasteiger charge is 2.18. The van der Waals surface area contributed by atoms with Crippen molar-refractivity contribution in [3.8, 4) is 5.75 Å². The topological polar surface area (TPSA) is 126 Å². The Balaban J connectivity index is 2.11. The number of ether oxygens (including phenoxy) is 2. The van der Waals surface area contributed by atoms with Crippen LogP contribution in [-0.4, -0.2) is 35.6 Å². The molecule has 3 rings (SSSR count). The summed E-state index contributed by atoms with van der Waals surface area (Å²) >= 11 is 1.15. The van der Waals surface area contributed by atoms with E-state index in [9.17, 15) is 19.7 Å². The Morgan fingerprint density at radius 2 is 2.07 bits per heavy atom. The number of aromatic nitrogens is 1. The van der Waals surface area contributed by atoms with Crippen molar-refractivity contribution in [3.05, 3.63) is 51.0 Å². The molecule has 11 heteroatoms. The second-order valence-electron chi connectivity index (χ2n) is 5.19. The van der Waals surface area contributed by atoms with Crippen molar-refractivity contribution in [2.24, 2.45) is 4.99 Å². The van der Waals surface area contributed by atoms with Gasteiger partial charge in [-0.2, -0.15) is 4.99 Å². The Kier molecular flexibility index (Phi) is 5.03. The summed E-state index contributed by atoms with van der Waals surface area (Å²) < 4.78 is 17.0. The lowest BCUT2D eigenvalue weighted by Crippen LogP contribution is -2.22. The quantitative estimate of drug-likeness (QED) is 0.370. The number of thiazole rings is 1. The summed E-state index contributed by atoms with van der Waals surface area (Å²) in [6.07, 6.45) is 0. The number of benzene rings is 1. The predicted octanol–water partition coefficient (Wildman–Crippen LogP) is 2.13. The first-order valence-electron chi connectivity index (χ1n) is 7.50. The van der Waals surface area contributed by atoms with Crippen LogP contribution in [0.1, 0.15) is 10.6 Å². The fraction of sp³-hybridized carbons (Fsp3) is 0.188. The number of furan rings is 1. The van der Waals surface area contributed by atoms with Gasteiger partial charge in [-0.3, -0.25) is 19.7 Å². The lowest BCUT2D eigenvalue weighted by Gasteiger charge is -2.04. The third-order valence-corrected chi connectivity index (χ3v) is 4.63. The first-order chi connectivity index (χ1) is 12.9. The zero-order valence-corrected chi connectivity index (χ0v) is 15.0. The second-order valence-corrected chi connectivity index (χ2v) is 6.20. The van der Waals surface area contributed by atoms with Gasteiger partial charge in [0, 0.05) is 0 Å². The Morgan fingerprint density at radius 1 is 1.30 bits per heavy atom. The highest BCUT2D eigenvalue weighted by molar-refractivity contribution is 7.16. The Bertz CT molecular complexity index is 1110. The number of nitrogens with zero attached hydrogens (tertiary/aromatic N) is 3. The van der Waals surface area contributed by atoms with Crippen molar-refractivity contribution in [1.82, 2.24) is 4.57 Å². The van der Waals surface area contributed by atoms with Crippen molar-refractivity contribution >= 4 is 39.3 Å². The molecule has 2 heterocycles. The molecule has 1 amide bonds. The molecule has 0 N–H and O–H groups in total. The molecule has 0 aliphatic heterocycles. The lowest BCUT2D eigenvalue weighted by molar-refractivity contribution is -0.402. The zero-order valence-electron chi connectivity index (χ0n) is 14.2. The van der Waals surface area contributed by atoms with Crippen LogP contribution in [0, 0.1) is 10.1 Å². The molecular weight excluding hydrogens is 378 g/mol. The van der Waals surface area contributed by atoms with Gasteiger partial charge < -0.3 is 18.5 Å². The van der Waals surface area contributed by atoms with Gasteiger partial charge >= 0.3 is 17.8 Å². The van der Waals surface area contributed by atoms with Crippen molar-refractivity contribution in [3.63, 3.8) is 0 Å². The molecule has 0 bridgehead atoms. The predicted molar refractivity (Wildman–Crippen MR) is 93.6 cm³/mol. The highest BCUT2D eigenvalue weighted by Crippen LogP contribution is 2.23. The molecule has 0 saturated carbocycles. The molecule has 0 aliphatic rings. The maximum Gasteiger partial charge on any atom is 0.433 e. The molecule has 27 heavy (non-hydrogen) atoms.